The summed E-state index contributed by atoms with van der Waals surface area (Å²) in [5, 5.41) is 1.99. The summed E-state index contributed by atoms with van der Waals surface area (Å²) in [6, 6.07) is 3.95. The predicted octanol–water partition coefficient (Wildman–Crippen LogP) is 1.84. The highest BCUT2D eigenvalue weighted by atomic mass is 32.1. The first-order valence-electron chi connectivity index (χ1n) is 4.76. The molecule has 0 unspecified atom stereocenters. The van der Waals surface area contributed by atoms with Crippen LogP contribution in [0.25, 0.3) is 0 Å². The van der Waals surface area contributed by atoms with Crippen LogP contribution in [0.2, 0.25) is 0 Å². The van der Waals surface area contributed by atoms with Crippen LogP contribution in [0.5, 0.6) is 0 Å². The molecule has 0 saturated heterocycles. The zero-order valence-electron chi connectivity index (χ0n) is 8.51. The van der Waals surface area contributed by atoms with Crippen molar-refractivity contribution in [3.8, 4) is 0 Å². The molecule has 2 rings (SSSR count). The van der Waals surface area contributed by atoms with Crippen molar-refractivity contribution in [2.24, 2.45) is 7.05 Å². The second kappa shape index (κ2) is 4.40. The van der Waals surface area contributed by atoms with Crippen molar-refractivity contribution < 1.29 is 4.79 Å². The lowest BCUT2D eigenvalue weighted by Gasteiger charge is -2.00. The topological polar surface area (TPSA) is 34.9 Å². The number of carbonyl (C=O) groups excluding carboxylic acids is 1. The third-order valence-corrected chi connectivity index (χ3v) is 3.10. The fourth-order valence-electron chi connectivity index (χ4n) is 1.41. The van der Waals surface area contributed by atoms with E-state index in [9.17, 15) is 4.79 Å². The number of carbonyl (C=O) groups is 1. The molecular formula is C11H12N2OS. The molecule has 0 aliphatic rings. The average molecular weight is 220 g/mol. The number of Topliss-reactive ketones (excluding diaryl/α,β-unsaturated/α-hetero) is 1. The summed E-state index contributed by atoms with van der Waals surface area (Å²) in [6.07, 6.45) is 4.51. The Morgan fingerprint density at radius 2 is 2.40 bits per heavy atom. The standard InChI is InChI=1S/C11H12N2OS/c1-13-5-4-12-11(13)8-9(14)7-10-3-2-6-15-10/h2-6H,7-8H2,1H3. The van der Waals surface area contributed by atoms with E-state index in [0.717, 1.165) is 10.7 Å². The van der Waals surface area contributed by atoms with Gasteiger partial charge in [-0.05, 0) is 11.4 Å². The zero-order chi connectivity index (χ0) is 10.7. The van der Waals surface area contributed by atoms with E-state index in [-0.39, 0.29) is 5.78 Å². The normalized spacial score (nSPS) is 10.5. The molecule has 0 bridgehead atoms. The third-order valence-electron chi connectivity index (χ3n) is 2.23. The van der Waals surface area contributed by atoms with E-state index < -0.39 is 0 Å². The van der Waals surface area contributed by atoms with Gasteiger partial charge in [-0.3, -0.25) is 4.79 Å². The lowest BCUT2D eigenvalue weighted by molar-refractivity contribution is -0.117. The highest BCUT2D eigenvalue weighted by Crippen LogP contribution is 2.10. The maximum Gasteiger partial charge on any atom is 0.145 e. The maximum atomic E-state index is 11.7. The van der Waals surface area contributed by atoms with Crippen molar-refractivity contribution in [2.45, 2.75) is 12.8 Å². The van der Waals surface area contributed by atoms with Crippen LogP contribution in [-0.2, 0) is 24.7 Å². The summed E-state index contributed by atoms with van der Waals surface area (Å²) in [4.78, 5) is 16.9. The van der Waals surface area contributed by atoms with E-state index >= 15 is 0 Å². The molecule has 3 nitrogen and oxygen atoms in total. The Morgan fingerprint density at radius 3 is 3.00 bits per heavy atom. The van der Waals surface area contributed by atoms with Gasteiger partial charge in [0.2, 0.25) is 0 Å². The van der Waals surface area contributed by atoms with E-state index in [2.05, 4.69) is 4.98 Å². The van der Waals surface area contributed by atoms with Crippen molar-refractivity contribution in [1.29, 1.82) is 0 Å². The molecule has 0 amide bonds. The molecule has 0 atom stereocenters. The number of aromatic nitrogens is 2. The number of hydrogen-bond acceptors (Lipinski definition) is 3. The first-order valence-corrected chi connectivity index (χ1v) is 5.64. The minimum absolute atomic E-state index is 0.215. The zero-order valence-corrected chi connectivity index (χ0v) is 9.33. The van der Waals surface area contributed by atoms with Gasteiger partial charge in [0.1, 0.15) is 11.6 Å². The monoisotopic (exact) mass is 220 g/mol. The van der Waals surface area contributed by atoms with Crippen LogP contribution in [-0.4, -0.2) is 15.3 Å². The van der Waals surface area contributed by atoms with Gasteiger partial charge < -0.3 is 4.57 Å². The number of ketones is 1. The number of nitrogens with zero attached hydrogens (tertiary/aromatic N) is 2. The summed E-state index contributed by atoms with van der Waals surface area (Å²) in [5.74, 6) is 1.04. The number of imidazole rings is 1. The Bertz CT molecular complexity index is 445. The molecule has 4 heteroatoms. The summed E-state index contributed by atoms with van der Waals surface area (Å²) in [7, 11) is 1.90. The molecule has 15 heavy (non-hydrogen) atoms. The summed E-state index contributed by atoms with van der Waals surface area (Å²) < 4.78 is 1.88. The molecule has 2 heterocycles. The molecule has 0 saturated carbocycles. The van der Waals surface area contributed by atoms with E-state index in [0.29, 0.717) is 12.8 Å². The van der Waals surface area contributed by atoms with Gasteiger partial charge in [-0.25, -0.2) is 4.98 Å². The van der Waals surface area contributed by atoms with Crippen LogP contribution in [0.4, 0.5) is 0 Å². The maximum absolute atomic E-state index is 11.7. The second-order valence-electron chi connectivity index (χ2n) is 3.43. The molecule has 0 aromatic carbocycles. The molecule has 0 radical (unpaired) electrons. The Hall–Kier alpha value is -1.42. The fourth-order valence-corrected chi connectivity index (χ4v) is 2.15. The summed E-state index contributed by atoms with van der Waals surface area (Å²) >= 11 is 1.62. The van der Waals surface area contributed by atoms with E-state index in [4.69, 9.17) is 0 Å². The van der Waals surface area contributed by atoms with E-state index in [1.54, 1.807) is 17.5 Å². The SMILES string of the molecule is Cn1ccnc1CC(=O)Cc1cccs1. The van der Waals surface area contributed by atoms with Gasteiger partial charge >= 0.3 is 0 Å². The molecule has 0 fully saturated rings. The Balaban J connectivity index is 1.96. The highest BCUT2D eigenvalue weighted by molar-refractivity contribution is 7.10. The minimum atomic E-state index is 0.215. The molecule has 0 N–H and O–H groups in total. The quantitative estimate of drug-likeness (QED) is 0.788. The first-order chi connectivity index (χ1) is 7.25. The van der Waals surface area contributed by atoms with Gasteiger partial charge in [-0.1, -0.05) is 6.07 Å². The lowest BCUT2D eigenvalue weighted by Crippen LogP contribution is -2.09. The third kappa shape index (κ3) is 2.53. The van der Waals surface area contributed by atoms with Crippen molar-refractivity contribution in [3.63, 3.8) is 0 Å². The van der Waals surface area contributed by atoms with Gasteiger partial charge in [-0.15, -0.1) is 11.3 Å². The fraction of sp³-hybridized carbons (Fsp3) is 0.273. The van der Waals surface area contributed by atoms with E-state index in [1.807, 2.05) is 35.3 Å². The second-order valence-corrected chi connectivity index (χ2v) is 4.46. The minimum Gasteiger partial charge on any atom is -0.338 e. The molecule has 0 aliphatic carbocycles. The molecule has 0 spiro atoms. The number of rotatable bonds is 4. The van der Waals surface area contributed by atoms with Gasteiger partial charge in [0.25, 0.3) is 0 Å². The van der Waals surface area contributed by atoms with Gasteiger partial charge in [0.05, 0.1) is 6.42 Å². The van der Waals surface area contributed by atoms with Crippen LogP contribution < -0.4 is 0 Å². The van der Waals surface area contributed by atoms with Crippen LogP contribution in [0.1, 0.15) is 10.7 Å². The van der Waals surface area contributed by atoms with Crippen molar-refractivity contribution in [2.75, 3.05) is 0 Å². The van der Waals surface area contributed by atoms with Crippen LogP contribution >= 0.6 is 11.3 Å². The molecule has 78 valence electrons. The summed E-state index contributed by atoms with van der Waals surface area (Å²) in [5.41, 5.74) is 0. The Labute approximate surface area is 92.4 Å². The van der Waals surface area contributed by atoms with Crippen molar-refractivity contribution >= 4 is 17.1 Å². The van der Waals surface area contributed by atoms with E-state index in [1.165, 1.54) is 0 Å². The van der Waals surface area contributed by atoms with Gasteiger partial charge in [0, 0.05) is 30.7 Å². The van der Waals surface area contributed by atoms with Gasteiger partial charge in [0.15, 0.2) is 0 Å². The van der Waals surface area contributed by atoms with Crippen molar-refractivity contribution in [1.82, 2.24) is 9.55 Å². The number of thiophene rings is 1. The van der Waals surface area contributed by atoms with Crippen LogP contribution in [0, 0.1) is 0 Å². The highest BCUT2D eigenvalue weighted by Gasteiger charge is 2.08. The average Bonchev–Trinajstić information content (AvgIpc) is 2.79. The molecule has 0 aliphatic heterocycles. The van der Waals surface area contributed by atoms with Crippen LogP contribution in [0.15, 0.2) is 29.9 Å². The van der Waals surface area contributed by atoms with Crippen LogP contribution in [0.3, 0.4) is 0 Å². The Morgan fingerprint density at radius 1 is 1.53 bits per heavy atom. The lowest BCUT2D eigenvalue weighted by atomic mass is 10.2. The number of hydrogen-bond donors (Lipinski definition) is 0. The number of aryl methyl sites for hydroxylation is 1. The predicted molar refractivity (Wildman–Crippen MR) is 59.9 cm³/mol. The molecule has 2 aromatic rings. The molecule has 2 aromatic heterocycles. The smallest absolute Gasteiger partial charge is 0.145 e. The van der Waals surface area contributed by atoms with Gasteiger partial charge in [-0.2, -0.15) is 0 Å². The first kappa shape index (κ1) is 10.1. The largest absolute Gasteiger partial charge is 0.338 e. The molecular weight excluding hydrogens is 208 g/mol. The van der Waals surface area contributed by atoms with Crippen molar-refractivity contribution in [3.05, 3.63) is 40.6 Å². The Kier molecular flexibility index (Phi) is 2.97. The summed E-state index contributed by atoms with van der Waals surface area (Å²) in [6.45, 7) is 0.